The van der Waals surface area contributed by atoms with Crippen LogP contribution >= 0.6 is 34.8 Å². The Balaban J connectivity index is 1.61. The van der Waals surface area contributed by atoms with Gasteiger partial charge in [-0.15, -0.1) is 0 Å². The maximum atomic E-state index is 13.5. The normalized spacial score (nSPS) is 20.3. The summed E-state index contributed by atoms with van der Waals surface area (Å²) in [6.45, 7) is 0. The molecule has 0 spiro atoms. The molecule has 0 saturated heterocycles. The third-order valence-corrected chi connectivity index (χ3v) is 6.92. The molecule has 0 unspecified atom stereocenters. The molecule has 2 aliphatic rings. The maximum Gasteiger partial charge on any atom is 0.163 e. The van der Waals surface area contributed by atoms with Crippen molar-refractivity contribution < 1.29 is 4.79 Å². The Morgan fingerprint density at radius 3 is 2.23 bits per heavy atom. The highest BCUT2D eigenvalue weighted by Gasteiger charge is 2.36. The molecule has 0 fully saturated rings. The fourth-order valence-electron chi connectivity index (χ4n) is 4.40. The van der Waals surface area contributed by atoms with Crippen LogP contribution in [0.5, 0.6) is 0 Å². The van der Waals surface area contributed by atoms with Gasteiger partial charge in [-0.25, -0.2) is 0 Å². The summed E-state index contributed by atoms with van der Waals surface area (Å²) in [5, 5.41) is 8.74. The van der Waals surface area contributed by atoms with Crippen LogP contribution in [0, 0.1) is 0 Å². The first-order valence-corrected chi connectivity index (χ1v) is 11.2. The van der Waals surface area contributed by atoms with Gasteiger partial charge < -0.3 is 10.6 Å². The molecule has 3 aromatic rings. The quantitative estimate of drug-likeness (QED) is 0.405. The van der Waals surface area contributed by atoms with Crippen molar-refractivity contribution >= 4 is 52.0 Å². The van der Waals surface area contributed by atoms with Gasteiger partial charge in [0.05, 0.1) is 27.5 Å². The van der Waals surface area contributed by atoms with E-state index in [2.05, 4.69) is 10.6 Å². The third kappa shape index (κ3) is 3.94. The Kier molecular flexibility index (Phi) is 5.43. The van der Waals surface area contributed by atoms with E-state index in [9.17, 15) is 4.79 Å². The zero-order valence-corrected chi connectivity index (χ0v) is 18.7. The van der Waals surface area contributed by atoms with Gasteiger partial charge in [-0.3, -0.25) is 4.79 Å². The van der Waals surface area contributed by atoms with Crippen LogP contribution in [-0.2, 0) is 4.79 Å². The van der Waals surface area contributed by atoms with Gasteiger partial charge in [-0.05, 0) is 59.9 Å². The van der Waals surface area contributed by atoms with Gasteiger partial charge >= 0.3 is 0 Å². The van der Waals surface area contributed by atoms with Gasteiger partial charge in [0, 0.05) is 22.7 Å². The van der Waals surface area contributed by atoms with E-state index < -0.39 is 0 Å². The summed E-state index contributed by atoms with van der Waals surface area (Å²) in [4.78, 5) is 13.5. The molecule has 6 heteroatoms. The number of carbonyl (C=O) groups is 1. The van der Waals surface area contributed by atoms with E-state index >= 15 is 0 Å². The first-order valence-electron chi connectivity index (χ1n) is 10.1. The number of halogens is 3. The van der Waals surface area contributed by atoms with Crippen LogP contribution in [0.2, 0.25) is 15.1 Å². The molecule has 3 nitrogen and oxygen atoms in total. The summed E-state index contributed by atoms with van der Waals surface area (Å²) in [7, 11) is 0. The van der Waals surface area contributed by atoms with Crippen LogP contribution in [0.1, 0.15) is 35.9 Å². The largest absolute Gasteiger partial charge is 0.372 e. The van der Waals surface area contributed by atoms with E-state index in [1.807, 2.05) is 60.7 Å². The number of nitrogens with one attached hydrogen (secondary N) is 2. The highest BCUT2D eigenvalue weighted by molar-refractivity contribution is 6.42. The molecule has 0 bridgehead atoms. The number of Topliss-reactive ketones (excluding diaryl/α,β-unsaturated/α-hetero) is 1. The summed E-state index contributed by atoms with van der Waals surface area (Å²) in [6, 6.07) is 20.9. The highest BCUT2D eigenvalue weighted by atomic mass is 35.5. The molecule has 31 heavy (non-hydrogen) atoms. The summed E-state index contributed by atoms with van der Waals surface area (Å²) >= 11 is 18.5. The standard InChI is InChI=1S/C25H19Cl3N2O/c26-17-8-5-14(6-9-17)16-12-22-24(23(31)13-16)25(15-7-10-18(27)19(28)11-15)30-21-4-2-1-3-20(21)29-22/h1-11,16,25,29-30H,12-13H2/t16-,25+/m1/s1. The lowest BCUT2D eigenvalue weighted by atomic mass is 9.78. The lowest BCUT2D eigenvalue weighted by molar-refractivity contribution is -0.116. The number of hydrogen-bond donors (Lipinski definition) is 2. The van der Waals surface area contributed by atoms with E-state index in [0.717, 1.165) is 40.2 Å². The number of carbonyl (C=O) groups excluding carboxylic acids is 1. The van der Waals surface area contributed by atoms with Crippen LogP contribution in [0.3, 0.4) is 0 Å². The molecule has 0 saturated carbocycles. The van der Waals surface area contributed by atoms with Crippen molar-refractivity contribution in [3.05, 3.63) is 104 Å². The molecule has 1 heterocycles. The fraction of sp³-hybridized carbons (Fsp3) is 0.160. The van der Waals surface area contributed by atoms with Crippen molar-refractivity contribution in [3.63, 3.8) is 0 Å². The maximum absolute atomic E-state index is 13.5. The average molecular weight is 470 g/mol. The molecule has 0 aromatic heterocycles. The number of ketones is 1. The van der Waals surface area contributed by atoms with Crippen LogP contribution in [0.15, 0.2) is 78.0 Å². The molecule has 156 valence electrons. The predicted molar refractivity (Wildman–Crippen MR) is 128 cm³/mol. The first-order chi connectivity index (χ1) is 15.0. The van der Waals surface area contributed by atoms with Crippen molar-refractivity contribution in [2.75, 3.05) is 10.6 Å². The number of para-hydroxylation sites is 2. The smallest absolute Gasteiger partial charge is 0.163 e. The minimum absolute atomic E-state index is 0.0933. The number of hydrogen-bond acceptors (Lipinski definition) is 3. The fourth-order valence-corrected chi connectivity index (χ4v) is 4.84. The Labute approximate surface area is 196 Å². The zero-order chi connectivity index (χ0) is 21.5. The van der Waals surface area contributed by atoms with Gasteiger partial charge in [0.2, 0.25) is 0 Å². The number of benzene rings is 3. The van der Waals surface area contributed by atoms with Crippen molar-refractivity contribution in [1.29, 1.82) is 0 Å². The molecular weight excluding hydrogens is 451 g/mol. The van der Waals surface area contributed by atoms with E-state index in [-0.39, 0.29) is 17.7 Å². The Bertz CT molecular complexity index is 1200. The Morgan fingerprint density at radius 2 is 1.48 bits per heavy atom. The second-order valence-corrected chi connectivity index (χ2v) is 9.14. The van der Waals surface area contributed by atoms with E-state index in [0.29, 0.717) is 21.5 Å². The third-order valence-electron chi connectivity index (χ3n) is 5.93. The molecule has 5 rings (SSSR count). The Morgan fingerprint density at radius 1 is 0.774 bits per heavy atom. The average Bonchev–Trinajstić information content (AvgIpc) is 2.93. The SMILES string of the molecule is O=C1C[C@H](c2ccc(Cl)cc2)CC2=C1[C@H](c1ccc(Cl)c(Cl)c1)Nc1ccccc1N2. The minimum atomic E-state index is -0.320. The van der Waals surface area contributed by atoms with E-state index in [4.69, 9.17) is 34.8 Å². The van der Waals surface area contributed by atoms with Crippen molar-refractivity contribution in [1.82, 2.24) is 0 Å². The van der Waals surface area contributed by atoms with Gasteiger partial charge in [0.15, 0.2) is 5.78 Å². The number of rotatable bonds is 2. The molecule has 1 aliphatic heterocycles. The molecule has 2 N–H and O–H groups in total. The lowest BCUT2D eigenvalue weighted by Gasteiger charge is -2.30. The zero-order valence-electron chi connectivity index (χ0n) is 16.5. The van der Waals surface area contributed by atoms with Gasteiger partial charge in [0.1, 0.15) is 0 Å². The topological polar surface area (TPSA) is 41.1 Å². The van der Waals surface area contributed by atoms with Crippen molar-refractivity contribution in [2.45, 2.75) is 24.8 Å². The summed E-state index contributed by atoms with van der Waals surface area (Å²) in [5.41, 5.74) is 5.58. The van der Waals surface area contributed by atoms with E-state index in [1.54, 1.807) is 6.07 Å². The minimum Gasteiger partial charge on any atom is -0.372 e. The number of allylic oxidation sites excluding steroid dienone is 1. The second kappa shape index (κ2) is 8.23. The van der Waals surface area contributed by atoms with Gasteiger partial charge in [-0.1, -0.05) is 65.1 Å². The van der Waals surface area contributed by atoms with Crippen LogP contribution in [-0.4, -0.2) is 5.78 Å². The molecule has 2 atom stereocenters. The Hall–Kier alpha value is -2.46. The summed E-state index contributed by atoms with van der Waals surface area (Å²) < 4.78 is 0. The van der Waals surface area contributed by atoms with Gasteiger partial charge in [0.25, 0.3) is 0 Å². The van der Waals surface area contributed by atoms with Crippen LogP contribution in [0.4, 0.5) is 11.4 Å². The summed E-state index contributed by atoms with van der Waals surface area (Å²) in [5.74, 6) is 0.209. The lowest BCUT2D eigenvalue weighted by Crippen LogP contribution is -2.26. The van der Waals surface area contributed by atoms with Crippen molar-refractivity contribution in [2.24, 2.45) is 0 Å². The predicted octanol–water partition coefficient (Wildman–Crippen LogP) is 7.63. The second-order valence-electron chi connectivity index (χ2n) is 7.89. The molecular formula is C25H19Cl3N2O. The molecule has 1 aliphatic carbocycles. The molecule has 0 radical (unpaired) electrons. The first kappa shape index (κ1) is 20.4. The van der Waals surface area contributed by atoms with Crippen LogP contribution < -0.4 is 10.6 Å². The molecule has 0 amide bonds. The van der Waals surface area contributed by atoms with Gasteiger partial charge in [-0.2, -0.15) is 0 Å². The number of fused-ring (bicyclic) bond motifs is 1. The number of anilines is 2. The van der Waals surface area contributed by atoms with Crippen LogP contribution in [0.25, 0.3) is 0 Å². The monoisotopic (exact) mass is 468 g/mol. The highest BCUT2D eigenvalue weighted by Crippen LogP contribution is 2.44. The van der Waals surface area contributed by atoms with E-state index in [1.165, 1.54) is 0 Å². The van der Waals surface area contributed by atoms with Crippen molar-refractivity contribution in [3.8, 4) is 0 Å². The molecule has 3 aromatic carbocycles. The summed E-state index contributed by atoms with van der Waals surface area (Å²) in [6.07, 6.45) is 1.18.